The van der Waals surface area contributed by atoms with Crippen molar-refractivity contribution in [2.24, 2.45) is 0 Å². The summed E-state index contributed by atoms with van der Waals surface area (Å²) < 4.78 is 42.4. The number of hydrogen-bond acceptors (Lipinski definition) is 3. The number of hydrogen-bond donors (Lipinski definition) is 0. The minimum absolute atomic E-state index is 0.270. The van der Waals surface area contributed by atoms with Gasteiger partial charge in [0.25, 0.3) is 10.0 Å². The van der Waals surface area contributed by atoms with Gasteiger partial charge in [-0.1, -0.05) is 25.1 Å². The van der Waals surface area contributed by atoms with Crippen LogP contribution in [0.25, 0.3) is 11.3 Å². The van der Waals surface area contributed by atoms with Crippen molar-refractivity contribution in [2.75, 3.05) is 0 Å². The Bertz CT molecular complexity index is 1020. The Labute approximate surface area is 150 Å². The van der Waals surface area contributed by atoms with Crippen LogP contribution in [0.1, 0.15) is 36.8 Å². The molecule has 1 aliphatic carbocycles. The molecule has 1 atom stereocenters. The van der Waals surface area contributed by atoms with Gasteiger partial charge in [-0.25, -0.2) is 8.36 Å². The minimum Gasteiger partial charge on any atom is -0.240 e. The van der Waals surface area contributed by atoms with Crippen LogP contribution in [0.15, 0.2) is 52.2 Å². The molecule has 1 aliphatic rings. The molecule has 2 heterocycles. The summed E-state index contributed by atoms with van der Waals surface area (Å²) in [6, 6.07) is 9.70. The van der Waals surface area contributed by atoms with Gasteiger partial charge >= 0.3 is 0 Å². The lowest BCUT2D eigenvalue weighted by Crippen LogP contribution is -2.13. The largest absolute Gasteiger partial charge is 0.277 e. The van der Waals surface area contributed by atoms with Gasteiger partial charge in [0.2, 0.25) is 0 Å². The van der Waals surface area contributed by atoms with E-state index in [2.05, 4.69) is 6.92 Å². The lowest BCUT2D eigenvalue weighted by molar-refractivity contribution is 0.588. The zero-order valence-electron chi connectivity index (χ0n) is 13.8. The molecule has 1 aromatic carbocycles. The molecule has 3 aromatic rings. The predicted octanol–water partition coefficient (Wildman–Crippen LogP) is 5.03. The summed E-state index contributed by atoms with van der Waals surface area (Å²) in [6.45, 7) is 2.10. The van der Waals surface area contributed by atoms with Gasteiger partial charge in [-0.3, -0.25) is 0 Å². The van der Waals surface area contributed by atoms with Crippen LogP contribution in [0.5, 0.6) is 0 Å². The molecule has 0 saturated heterocycles. The van der Waals surface area contributed by atoms with Crippen LogP contribution in [0.2, 0.25) is 0 Å². The molecule has 1 unspecified atom stereocenters. The standard InChI is InChI=1S/C19H18FNO2S2/c1-2-13-9-10-14-16(13)12-21(25(22,23)18-8-5-11-24-18)19(14)15-6-3-4-7-17(15)20/h3-8,11-13H,2,9-10H2,1H3. The number of nitrogens with zero attached hydrogens (tertiary/aromatic N) is 1. The van der Waals surface area contributed by atoms with E-state index in [1.54, 1.807) is 41.9 Å². The fourth-order valence-electron chi connectivity index (χ4n) is 3.68. The molecule has 0 saturated carbocycles. The predicted molar refractivity (Wildman–Crippen MR) is 98.1 cm³/mol. The van der Waals surface area contributed by atoms with E-state index in [4.69, 9.17) is 0 Å². The van der Waals surface area contributed by atoms with Gasteiger partial charge < -0.3 is 0 Å². The van der Waals surface area contributed by atoms with Crippen LogP contribution < -0.4 is 0 Å². The molecule has 25 heavy (non-hydrogen) atoms. The van der Waals surface area contributed by atoms with Crippen LogP contribution in [0.4, 0.5) is 4.39 Å². The molecule has 6 heteroatoms. The van der Waals surface area contributed by atoms with Crippen LogP contribution in [-0.4, -0.2) is 12.4 Å². The van der Waals surface area contributed by atoms with Gasteiger partial charge in [0.05, 0.1) is 5.69 Å². The smallest absolute Gasteiger partial charge is 0.240 e. The quantitative estimate of drug-likeness (QED) is 0.641. The maximum Gasteiger partial charge on any atom is 0.277 e. The van der Waals surface area contributed by atoms with E-state index in [9.17, 15) is 12.8 Å². The summed E-state index contributed by atoms with van der Waals surface area (Å²) in [7, 11) is -3.73. The molecule has 4 rings (SSSR count). The number of rotatable bonds is 4. The summed E-state index contributed by atoms with van der Waals surface area (Å²) in [4.78, 5) is 0. The first-order valence-electron chi connectivity index (χ1n) is 8.32. The van der Waals surface area contributed by atoms with Crippen molar-refractivity contribution >= 4 is 21.4 Å². The third kappa shape index (κ3) is 2.55. The second-order valence-electron chi connectivity index (χ2n) is 6.27. The lowest BCUT2D eigenvalue weighted by atomic mass is 10.0. The molecule has 2 aromatic heterocycles. The highest BCUT2D eigenvalue weighted by Crippen LogP contribution is 2.44. The van der Waals surface area contributed by atoms with Crippen LogP contribution in [-0.2, 0) is 16.4 Å². The van der Waals surface area contributed by atoms with E-state index in [0.29, 0.717) is 17.2 Å². The van der Waals surface area contributed by atoms with Gasteiger partial charge in [0.15, 0.2) is 0 Å². The van der Waals surface area contributed by atoms with E-state index in [0.717, 1.165) is 30.4 Å². The number of aromatic nitrogens is 1. The highest BCUT2D eigenvalue weighted by atomic mass is 32.2. The van der Waals surface area contributed by atoms with Crippen LogP contribution >= 0.6 is 11.3 Å². The molecule has 0 spiro atoms. The van der Waals surface area contributed by atoms with Crippen molar-refractivity contribution in [2.45, 2.75) is 36.3 Å². The summed E-state index contributed by atoms with van der Waals surface area (Å²) in [6.07, 6.45) is 4.44. The van der Waals surface area contributed by atoms with Crippen molar-refractivity contribution in [1.82, 2.24) is 3.97 Å². The van der Waals surface area contributed by atoms with E-state index >= 15 is 0 Å². The molecule has 130 valence electrons. The summed E-state index contributed by atoms with van der Waals surface area (Å²) in [5.41, 5.74) is 2.84. The zero-order valence-corrected chi connectivity index (χ0v) is 15.4. The van der Waals surface area contributed by atoms with E-state index in [1.165, 1.54) is 21.4 Å². The topological polar surface area (TPSA) is 39.1 Å². The first-order valence-corrected chi connectivity index (χ1v) is 10.6. The maximum absolute atomic E-state index is 14.5. The van der Waals surface area contributed by atoms with E-state index < -0.39 is 15.8 Å². The van der Waals surface area contributed by atoms with E-state index in [-0.39, 0.29) is 4.21 Å². The highest BCUT2D eigenvalue weighted by molar-refractivity contribution is 7.92. The first-order chi connectivity index (χ1) is 12.0. The molecule has 0 amide bonds. The third-order valence-corrected chi connectivity index (χ3v) is 7.96. The van der Waals surface area contributed by atoms with Gasteiger partial charge in [-0.15, -0.1) is 11.3 Å². The summed E-state index contributed by atoms with van der Waals surface area (Å²) in [5, 5.41) is 1.74. The zero-order chi connectivity index (χ0) is 17.6. The Morgan fingerprint density at radius 1 is 1.24 bits per heavy atom. The Morgan fingerprint density at radius 2 is 2.04 bits per heavy atom. The van der Waals surface area contributed by atoms with E-state index in [1.807, 2.05) is 0 Å². The normalized spacial score (nSPS) is 17.0. The molecule has 0 bridgehead atoms. The highest BCUT2D eigenvalue weighted by Gasteiger charge is 2.33. The number of halogens is 1. The van der Waals surface area contributed by atoms with Crippen LogP contribution in [0, 0.1) is 5.82 Å². The average molecular weight is 375 g/mol. The third-order valence-electron chi connectivity index (χ3n) is 4.92. The molecule has 3 nitrogen and oxygen atoms in total. The number of benzene rings is 1. The molecule has 0 fully saturated rings. The number of fused-ring (bicyclic) bond motifs is 1. The van der Waals surface area contributed by atoms with Gasteiger partial charge in [0.1, 0.15) is 10.0 Å². The van der Waals surface area contributed by atoms with Crippen molar-refractivity contribution in [3.63, 3.8) is 0 Å². The van der Waals surface area contributed by atoms with Crippen molar-refractivity contribution in [3.8, 4) is 11.3 Å². The monoisotopic (exact) mass is 375 g/mol. The van der Waals surface area contributed by atoms with Crippen molar-refractivity contribution < 1.29 is 12.8 Å². The SMILES string of the molecule is CCC1CCc2c1cn(S(=O)(=O)c1cccs1)c2-c1ccccc1F. The lowest BCUT2D eigenvalue weighted by Gasteiger charge is -2.12. The Kier molecular flexibility index (Phi) is 4.04. The summed E-state index contributed by atoms with van der Waals surface area (Å²) in [5.74, 6) is -0.0636. The average Bonchev–Trinajstić information content (AvgIpc) is 3.32. The van der Waals surface area contributed by atoms with Crippen molar-refractivity contribution in [1.29, 1.82) is 0 Å². The van der Waals surface area contributed by atoms with Gasteiger partial charge in [-0.2, -0.15) is 8.42 Å². The first kappa shape index (κ1) is 16.5. The molecular weight excluding hydrogens is 357 g/mol. The molecule has 0 aliphatic heterocycles. The van der Waals surface area contributed by atoms with Gasteiger partial charge in [-0.05, 0) is 59.9 Å². The molecular formula is C19H18FNO2S2. The Morgan fingerprint density at radius 3 is 2.72 bits per heavy atom. The summed E-state index contributed by atoms with van der Waals surface area (Å²) >= 11 is 1.18. The molecule has 0 N–H and O–H groups in total. The van der Waals surface area contributed by atoms with Crippen molar-refractivity contribution in [3.05, 3.63) is 64.9 Å². The van der Waals surface area contributed by atoms with Crippen LogP contribution in [0.3, 0.4) is 0 Å². The fourth-order valence-corrected chi connectivity index (χ4v) is 6.17. The van der Waals surface area contributed by atoms with Gasteiger partial charge in [0, 0.05) is 11.8 Å². The second-order valence-corrected chi connectivity index (χ2v) is 9.26. The Hall–Kier alpha value is -1.92. The fraction of sp³-hybridized carbons (Fsp3) is 0.263. The minimum atomic E-state index is -3.73. The maximum atomic E-state index is 14.5. The second kappa shape index (κ2) is 6.11. The Balaban J connectivity index is 2.01. The number of thiophene rings is 1. The molecule has 0 radical (unpaired) electrons.